The summed E-state index contributed by atoms with van der Waals surface area (Å²) in [4.78, 5) is 18.8. The van der Waals surface area contributed by atoms with Gasteiger partial charge in [-0.3, -0.25) is 4.79 Å². The Morgan fingerprint density at radius 1 is 1.22 bits per heavy atom. The van der Waals surface area contributed by atoms with Crippen molar-refractivity contribution in [2.45, 2.75) is 13.1 Å². The second-order valence-corrected chi connectivity index (χ2v) is 6.78. The minimum Gasteiger partial charge on any atom is -0.496 e. The molecule has 0 spiro atoms. The molecule has 0 fully saturated rings. The van der Waals surface area contributed by atoms with Crippen molar-refractivity contribution in [2.75, 3.05) is 17.3 Å². The Balaban J connectivity index is 1.84. The highest BCUT2D eigenvalue weighted by atomic mass is 79.9. The first-order valence-electron chi connectivity index (χ1n) is 8.45. The van der Waals surface area contributed by atoms with Gasteiger partial charge in [0.2, 0.25) is 5.91 Å². The summed E-state index contributed by atoms with van der Waals surface area (Å²) in [5, 5.41) is 0.156. The molecule has 1 aliphatic rings. The Kier molecular flexibility index (Phi) is 4.70. The van der Waals surface area contributed by atoms with Crippen molar-refractivity contribution in [3.63, 3.8) is 0 Å². The van der Waals surface area contributed by atoms with Crippen LogP contribution < -0.4 is 9.64 Å². The van der Waals surface area contributed by atoms with Crippen LogP contribution in [0.1, 0.15) is 11.4 Å². The zero-order chi connectivity index (χ0) is 19.0. The highest BCUT2D eigenvalue weighted by Crippen LogP contribution is 2.33. The van der Waals surface area contributed by atoms with Crippen molar-refractivity contribution >= 4 is 27.5 Å². The van der Waals surface area contributed by atoms with Crippen molar-refractivity contribution in [3.8, 4) is 17.0 Å². The molecule has 0 bridgehead atoms. The molecular weight excluding hydrogens is 413 g/mol. The van der Waals surface area contributed by atoms with Crippen molar-refractivity contribution in [1.82, 2.24) is 9.55 Å². The lowest BCUT2D eigenvalue weighted by Gasteiger charge is -2.21. The van der Waals surface area contributed by atoms with Crippen LogP contribution in [0, 0.1) is 5.82 Å². The van der Waals surface area contributed by atoms with Gasteiger partial charge in [-0.15, -0.1) is 0 Å². The lowest BCUT2D eigenvalue weighted by atomic mass is 10.1. The number of hydrogen-bond donors (Lipinski definition) is 0. The maximum Gasteiger partial charge on any atom is 0.238 e. The lowest BCUT2D eigenvalue weighted by molar-refractivity contribution is -0.116. The van der Waals surface area contributed by atoms with E-state index in [0.29, 0.717) is 29.4 Å². The molecule has 0 saturated heterocycles. The van der Waals surface area contributed by atoms with Crippen LogP contribution in [0.4, 0.5) is 10.1 Å². The van der Waals surface area contributed by atoms with E-state index in [0.717, 1.165) is 11.3 Å². The van der Waals surface area contributed by atoms with E-state index in [2.05, 4.69) is 15.9 Å². The van der Waals surface area contributed by atoms with Crippen LogP contribution in [-0.2, 0) is 17.9 Å². The van der Waals surface area contributed by atoms with Crippen LogP contribution in [0.5, 0.6) is 5.75 Å². The monoisotopic (exact) mass is 429 g/mol. The summed E-state index contributed by atoms with van der Waals surface area (Å²) in [7, 11) is 1.61. The number of methoxy groups -OCH3 is 1. The van der Waals surface area contributed by atoms with Gasteiger partial charge >= 0.3 is 0 Å². The first kappa shape index (κ1) is 17.7. The quantitative estimate of drug-likeness (QED) is 0.591. The fourth-order valence-electron chi connectivity index (χ4n) is 3.35. The van der Waals surface area contributed by atoms with Crippen LogP contribution in [0.15, 0.2) is 48.7 Å². The Bertz CT molecular complexity index is 1020. The summed E-state index contributed by atoms with van der Waals surface area (Å²) < 4.78 is 21.9. The molecule has 0 aliphatic carbocycles. The normalized spacial score (nSPS) is 12.9. The number of anilines is 1. The lowest BCUT2D eigenvalue weighted by Crippen LogP contribution is -2.31. The maximum absolute atomic E-state index is 14.5. The fraction of sp³-hybridized carbons (Fsp3) is 0.200. The van der Waals surface area contributed by atoms with Gasteiger partial charge in [-0.25, -0.2) is 9.37 Å². The largest absolute Gasteiger partial charge is 0.496 e. The molecule has 2 aromatic carbocycles. The van der Waals surface area contributed by atoms with E-state index in [1.165, 1.54) is 6.07 Å². The number of fused-ring (bicyclic) bond motifs is 2. The molecule has 5 nitrogen and oxygen atoms in total. The fourth-order valence-corrected chi connectivity index (χ4v) is 3.65. The summed E-state index contributed by atoms with van der Waals surface area (Å²) in [6, 6.07) is 12.4. The summed E-state index contributed by atoms with van der Waals surface area (Å²) in [5.41, 5.74) is 2.65. The summed E-state index contributed by atoms with van der Waals surface area (Å²) in [6.45, 7) is 0.585. The summed E-state index contributed by atoms with van der Waals surface area (Å²) >= 11 is 3.22. The van der Waals surface area contributed by atoms with Crippen molar-refractivity contribution < 1.29 is 13.9 Å². The smallest absolute Gasteiger partial charge is 0.238 e. The van der Waals surface area contributed by atoms with E-state index >= 15 is 0 Å². The Morgan fingerprint density at radius 3 is 2.81 bits per heavy atom. The van der Waals surface area contributed by atoms with E-state index in [-0.39, 0.29) is 23.6 Å². The number of aromatic nitrogens is 2. The number of carbonyl (C=O) groups is 1. The van der Waals surface area contributed by atoms with Crippen LogP contribution >= 0.6 is 15.9 Å². The van der Waals surface area contributed by atoms with Crippen LogP contribution in [0.2, 0.25) is 0 Å². The number of nitrogens with zero attached hydrogens (tertiary/aromatic N) is 3. The average molecular weight is 430 g/mol. The number of hydrogen-bond acceptors (Lipinski definition) is 3. The Hall–Kier alpha value is -2.67. The number of para-hydroxylation sites is 1. The molecule has 7 heteroatoms. The zero-order valence-electron chi connectivity index (χ0n) is 14.7. The predicted molar refractivity (Wildman–Crippen MR) is 105 cm³/mol. The third-order valence-electron chi connectivity index (χ3n) is 4.67. The standard InChI is InChI=1S/C20H17BrFN3O2/c1-27-18-8-3-2-5-13(18)16-11-24-10-14-15(22)6-4-7-17(14)25(20(26)9-21)12-19(24)23-16/h2-8,11H,9-10,12H2,1H3. The minimum atomic E-state index is -0.333. The van der Waals surface area contributed by atoms with Crippen molar-refractivity contribution in [1.29, 1.82) is 0 Å². The average Bonchev–Trinajstić information content (AvgIpc) is 3.02. The number of imidazole rings is 1. The number of benzene rings is 2. The van der Waals surface area contributed by atoms with E-state index in [1.807, 2.05) is 35.0 Å². The first-order valence-corrected chi connectivity index (χ1v) is 9.57. The van der Waals surface area contributed by atoms with Gasteiger partial charge in [0, 0.05) is 17.3 Å². The predicted octanol–water partition coefficient (Wildman–Crippen LogP) is 3.99. The van der Waals surface area contributed by atoms with E-state index in [1.54, 1.807) is 24.1 Å². The summed E-state index contributed by atoms with van der Waals surface area (Å²) in [6.07, 6.45) is 1.88. The van der Waals surface area contributed by atoms with Gasteiger partial charge in [0.15, 0.2) is 0 Å². The van der Waals surface area contributed by atoms with Gasteiger partial charge in [0.25, 0.3) is 0 Å². The molecule has 0 atom stereocenters. The van der Waals surface area contributed by atoms with Crippen LogP contribution in [-0.4, -0.2) is 27.9 Å². The van der Waals surface area contributed by atoms with Crippen molar-refractivity contribution in [3.05, 3.63) is 65.9 Å². The van der Waals surface area contributed by atoms with Gasteiger partial charge in [-0.05, 0) is 24.3 Å². The molecular formula is C20H17BrFN3O2. The first-order chi connectivity index (χ1) is 13.1. The molecule has 1 aromatic heterocycles. The molecule has 1 aliphatic heterocycles. The molecule has 0 radical (unpaired) electrons. The molecule has 138 valence electrons. The molecule has 0 N–H and O–H groups in total. The van der Waals surface area contributed by atoms with Gasteiger partial charge in [0.05, 0.1) is 36.9 Å². The SMILES string of the molecule is COc1ccccc1-c1cn2c(n1)CN(C(=O)CBr)c1cccc(F)c1C2. The molecule has 0 unspecified atom stereocenters. The molecule has 3 aromatic rings. The minimum absolute atomic E-state index is 0.142. The molecule has 1 amide bonds. The third-order valence-corrected chi connectivity index (χ3v) is 5.15. The molecule has 4 rings (SSSR count). The highest BCUT2D eigenvalue weighted by molar-refractivity contribution is 9.09. The van der Waals surface area contributed by atoms with Crippen molar-refractivity contribution in [2.24, 2.45) is 0 Å². The van der Waals surface area contributed by atoms with E-state index in [9.17, 15) is 9.18 Å². The summed E-state index contributed by atoms with van der Waals surface area (Å²) in [5.74, 6) is 0.934. The Morgan fingerprint density at radius 2 is 2.04 bits per heavy atom. The maximum atomic E-state index is 14.5. The topological polar surface area (TPSA) is 47.4 Å². The zero-order valence-corrected chi connectivity index (χ0v) is 16.2. The van der Waals surface area contributed by atoms with Gasteiger partial charge in [-0.2, -0.15) is 0 Å². The third kappa shape index (κ3) is 3.12. The number of halogens is 2. The van der Waals surface area contributed by atoms with Crippen LogP contribution in [0.3, 0.4) is 0 Å². The van der Waals surface area contributed by atoms with Gasteiger partial charge < -0.3 is 14.2 Å². The highest BCUT2D eigenvalue weighted by Gasteiger charge is 2.27. The van der Waals surface area contributed by atoms with Gasteiger partial charge in [0.1, 0.15) is 17.4 Å². The number of carbonyl (C=O) groups excluding carboxylic acids is 1. The number of rotatable bonds is 3. The number of amides is 1. The van der Waals surface area contributed by atoms with Gasteiger partial charge in [-0.1, -0.05) is 34.1 Å². The second kappa shape index (κ2) is 7.15. The number of ether oxygens (including phenoxy) is 1. The van der Waals surface area contributed by atoms with E-state index in [4.69, 9.17) is 9.72 Å². The van der Waals surface area contributed by atoms with E-state index < -0.39 is 0 Å². The molecule has 2 heterocycles. The molecule has 0 saturated carbocycles. The van der Waals surface area contributed by atoms with Crippen LogP contribution in [0.25, 0.3) is 11.3 Å². The molecule has 27 heavy (non-hydrogen) atoms. The number of alkyl halides is 1. The Labute approximate surface area is 164 Å². The second-order valence-electron chi connectivity index (χ2n) is 6.22.